The first-order chi connectivity index (χ1) is 12.9. The van der Waals surface area contributed by atoms with Gasteiger partial charge in [0.1, 0.15) is 11.6 Å². The van der Waals surface area contributed by atoms with E-state index in [0.29, 0.717) is 5.41 Å². The smallest absolute Gasteiger partial charge is 0.260 e. The number of hydrogen-bond donors (Lipinski definition) is 0. The maximum Gasteiger partial charge on any atom is 0.260 e. The second-order valence-corrected chi connectivity index (χ2v) is 8.70. The zero-order chi connectivity index (χ0) is 19.2. The van der Waals surface area contributed by atoms with Gasteiger partial charge in [0.25, 0.3) is 5.56 Å². The van der Waals surface area contributed by atoms with E-state index in [0.717, 1.165) is 41.9 Å². The molecule has 4 nitrogen and oxygen atoms in total. The van der Waals surface area contributed by atoms with Crippen molar-refractivity contribution in [3.8, 4) is 5.69 Å². The first-order valence-corrected chi connectivity index (χ1v) is 10.3. The highest BCUT2D eigenvalue weighted by Gasteiger charge is 2.42. The van der Waals surface area contributed by atoms with Gasteiger partial charge >= 0.3 is 0 Å². The van der Waals surface area contributed by atoms with Gasteiger partial charge in [0.15, 0.2) is 0 Å². The number of anilines is 1. The lowest BCUT2D eigenvalue weighted by Crippen LogP contribution is -2.42. The third-order valence-corrected chi connectivity index (χ3v) is 7.33. The molecule has 1 spiro atoms. The van der Waals surface area contributed by atoms with Crippen molar-refractivity contribution in [1.29, 1.82) is 0 Å². The molecule has 1 aromatic carbocycles. The average Bonchev–Trinajstić information content (AvgIpc) is 2.98. The lowest BCUT2D eigenvalue weighted by molar-refractivity contribution is 0.161. The van der Waals surface area contributed by atoms with Crippen molar-refractivity contribution >= 4 is 5.82 Å². The molecule has 4 rings (SSSR count). The van der Waals surface area contributed by atoms with Crippen LogP contribution < -0.4 is 10.5 Å². The highest BCUT2D eigenvalue weighted by molar-refractivity contribution is 5.47. The Labute approximate surface area is 162 Å². The Morgan fingerprint density at radius 3 is 2.48 bits per heavy atom. The van der Waals surface area contributed by atoms with E-state index in [2.05, 4.69) is 31.7 Å². The summed E-state index contributed by atoms with van der Waals surface area (Å²) in [5, 5.41) is 0. The summed E-state index contributed by atoms with van der Waals surface area (Å²) < 4.78 is 1.75. The van der Waals surface area contributed by atoms with E-state index in [1.165, 1.54) is 37.7 Å². The fourth-order valence-electron chi connectivity index (χ4n) is 5.25. The van der Waals surface area contributed by atoms with Gasteiger partial charge in [-0.05, 0) is 68.6 Å². The summed E-state index contributed by atoms with van der Waals surface area (Å²) in [7, 11) is 0. The SMILES string of the molecule is Cc1cccc(-n2c(C)nc(N3CCC4(CCC[C@H]4C)CC3)cc2=O)c1C. The fraction of sp³-hybridized carbons (Fsp3) is 0.565. The van der Waals surface area contributed by atoms with Gasteiger partial charge < -0.3 is 4.90 Å². The zero-order valence-electron chi connectivity index (χ0n) is 17.1. The molecule has 1 aliphatic carbocycles. The minimum absolute atomic E-state index is 0.0146. The molecule has 1 saturated carbocycles. The van der Waals surface area contributed by atoms with Gasteiger partial charge in [-0.25, -0.2) is 4.98 Å². The van der Waals surface area contributed by atoms with Crippen LogP contribution in [0.4, 0.5) is 5.82 Å². The van der Waals surface area contributed by atoms with E-state index in [4.69, 9.17) is 4.98 Å². The summed E-state index contributed by atoms with van der Waals surface area (Å²) in [5.41, 5.74) is 3.82. The van der Waals surface area contributed by atoms with Crippen molar-refractivity contribution in [2.75, 3.05) is 18.0 Å². The molecule has 144 valence electrons. The topological polar surface area (TPSA) is 38.1 Å². The molecule has 2 aromatic rings. The summed E-state index contributed by atoms with van der Waals surface area (Å²) in [5.74, 6) is 2.45. The van der Waals surface area contributed by atoms with Gasteiger partial charge in [-0.2, -0.15) is 0 Å². The van der Waals surface area contributed by atoms with Crippen LogP contribution in [0.1, 0.15) is 56.0 Å². The number of nitrogens with zero attached hydrogens (tertiary/aromatic N) is 3. The minimum atomic E-state index is 0.0146. The normalized spacial score (nSPS) is 21.8. The number of benzene rings is 1. The van der Waals surface area contributed by atoms with Gasteiger partial charge in [-0.3, -0.25) is 9.36 Å². The lowest BCUT2D eigenvalue weighted by Gasteiger charge is -2.42. The number of rotatable bonds is 2. The second kappa shape index (κ2) is 6.81. The highest BCUT2D eigenvalue weighted by atomic mass is 16.1. The van der Waals surface area contributed by atoms with Crippen molar-refractivity contribution in [2.24, 2.45) is 11.3 Å². The molecule has 0 N–H and O–H groups in total. The van der Waals surface area contributed by atoms with E-state index in [1.54, 1.807) is 10.6 Å². The van der Waals surface area contributed by atoms with Gasteiger partial charge in [0.05, 0.1) is 5.69 Å². The Hall–Kier alpha value is -2.10. The van der Waals surface area contributed by atoms with E-state index < -0.39 is 0 Å². The summed E-state index contributed by atoms with van der Waals surface area (Å²) in [6.07, 6.45) is 6.60. The maximum absolute atomic E-state index is 13.0. The zero-order valence-corrected chi connectivity index (χ0v) is 17.1. The molecule has 4 heteroatoms. The van der Waals surface area contributed by atoms with Crippen LogP contribution in [-0.4, -0.2) is 22.6 Å². The summed E-state index contributed by atoms with van der Waals surface area (Å²) in [4.78, 5) is 20.1. The van der Waals surface area contributed by atoms with Crippen LogP contribution >= 0.6 is 0 Å². The average molecular weight is 366 g/mol. The summed E-state index contributed by atoms with van der Waals surface area (Å²) in [6.45, 7) is 10.5. The highest BCUT2D eigenvalue weighted by Crippen LogP contribution is 2.50. The number of aryl methyl sites for hydroxylation is 2. The molecule has 0 unspecified atom stereocenters. The van der Waals surface area contributed by atoms with Crippen molar-refractivity contribution in [2.45, 2.75) is 59.8 Å². The van der Waals surface area contributed by atoms with Crippen LogP contribution in [0.5, 0.6) is 0 Å². The van der Waals surface area contributed by atoms with Crippen LogP contribution in [0.15, 0.2) is 29.1 Å². The van der Waals surface area contributed by atoms with Crippen LogP contribution in [0, 0.1) is 32.1 Å². The van der Waals surface area contributed by atoms with Crippen LogP contribution in [0.3, 0.4) is 0 Å². The van der Waals surface area contributed by atoms with Gasteiger partial charge in [0.2, 0.25) is 0 Å². The van der Waals surface area contributed by atoms with Gasteiger partial charge in [-0.15, -0.1) is 0 Å². The Morgan fingerprint density at radius 2 is 1.85 bits per heavy atom. The van der Waals surface area contributed by atoms with Crippen molar-refractivity contribution in [1.82, 2.24) is 9.55 Å². The van der Waals surface area contributed by atoms with Crippen molar-refractivity contribution in [3.63, 3.8) is 0 Å². The van der Waals surface area contributed by atoms with Crippen LogP contribution in [-0.2, 0) is 0 Å². The molecule has 0 bridgehead atoms. The van der Waals surface area contributed by atoms with E-state index in [1.807, 2.05) is 19.1 Å². The molecule has 1 aromatic heterocycles. The molecule has 27 heavy (non-hydrogen) atoms. The lowest BCUT2D eigenvalue weighted by atomic mass is 9.71. The third kappa shape index (κ3) is 3.09. The quantitative estimate of drug-likeness (QED) is 0.783. The van der Waals surface area contributed by atoms with Crippen LogP contribution in [0.25, 0.3) is 5.69 Å². The number of aromatic nitrogens is 2. The molecule has 1 aliphatic heterocycles. The summed E-state index contributed by atoms with van der Waals surface area (Å²) >= 11 is 0. The molecule has 0 amide bonds. The monoisotopic (exact) mass is 365 g/mol. The number of piperidine rings is 1. The first kappa shape index (κ1) is 18.3. The van der Waals surface area contributed by atoms with Gasteiger partial charge in [0, 0.05) is 19.2 Å². The largest absolute Gasteiger partial charge is 0.356 e. The molecule has 2 aliphatic rings. The molecule has 0 radical (unpaired) electrons. The third-order valence-electron chi connectivity index (χ3n) is 7.33. The van der Waals surface area contributed by atoms with Crippen molar-refractivity contribution in [3.05, 3.63) is 51.6 Å². The predicted molar refractivity (Wildman–Crippen MR) is 111 cm³/mol. The molecule has 2 fully saturated rings. The Bertz CT molecular complexity index is 906. The molecule has 1 atom stereocenters. The minimum Gasteiger partial charge on any atom is -0.356 e. The fourth-order valence-corrected chi connectivity index (χ4v) is 5.25. The Kier molecular flexibility index (Phi) is 4.61. The Morgan fingerprint density at radius 1 is 1.11 bits per heavy atom. The standard InChI is InChI=1S/C23H31N3O/c1-16-7-5-9-20(18(16)3)26-19(4)24-21(15-22(26)27)25-13-11-23(12-14-25)10-6-8-17(23)2/h5,7,9,15,17H,6,8,10-14H2,1-4H3/t17-/m1/s1. The molecule has 2 heterocycles. The second-order valence-electron chi connectivity index (χ2n) is 8.70. The molecule has 1 saturated heterocycles. The summed E-state index contributed by atoms with van der Waals surface area (Å²) in [6, 6.07) is 7.81. The van der Waals surface area contributed by atoms with Crippen LogP contribution in [0.2, 0.25) is 0 Å². The maximum atomic E-state index is 13.0. The predicted octanol–water partition coefficient (Wildman–Crippen LogP) is 4.56. The molecular weight excluding hydrogens is 334 g/mol. The molecular formula is C23H31N3O. The van der Waals surface area contributed by atoms with E-state index in [-0.39, 0.29) is 5.56 Å². The number of hydrogen-bond acceptors (Lipinski definition) is 3. The van der Waals surface area contributed by atoms with Gasteiger partial charge in [-0.1, -0.05) is 31.9 Å². The first-order valence-electron chi connectivity index (χ1n) is 10.3. The van der Waals surface area contributed by atoms with E-state index >= 15 is 0 Å². The Balaban J connectivity index is 1.61. The van der Waals surface area contributed by atoms with E-state index in [9.17, 15) is 4.79 Å². The van der Waals surface area contributed by atoms with Crippen molar-refractivity contribution < 1.29 is 0 Å².